The van der Waals surface area contributed by atoms with E-state index in [1.165, 1.54) is 45.6 Å². The van der Waals surface area contributed by atoms with Gasteiger partial charge in [-0.3, -0.25) is 19.4 Å². The van der Waals surface area contributed by atoms with Crippen molar-refractivity contribution < 1.29 is 37.0 Å². The molecule has 0 fully saturated rings. The van der Waals surface area contributed by atoms with Gasteiger partial charge in [0.05, 0.1) is 27.0 Å². The fourth-order valence-electron chi connectivity index (χ4n) is 4.06. The van der Waals surface area contributed by atoms with E-state index in [-0.39, 0.29) is 22.9 Å². The molecular formula is C23H19F3N4O7. The highest BCUT2D eigenvalue weighted by molar-refractivity contribution is 6.09. The fourth-order valence-corrected chi connectivity index (χ4v) is 4.06. The van der Waals surface area contributed by atoms with E-state index in [4.69, 9.17) is 14.2 Å². The monoisotopic (exact) mass is 520 g/mol. The van der Waals surface area contributed by atoms with Crippen LogP contribution in [0.4, 0.5) is 19.0 Å². The molecule has 1 atom stereocenters. The van der Waals surface area contributed by atoms with Crippen LogP contribution in [0.1, 0.15) is 15.9 Å². The second-order valence-electron chi connectivity index (χ2n) is 7.72. The average Bonchev–Trinajstić information content (AvgIpc) is 3.16. The number of hydrogen-bond acceptors (Lipinski definition) is 7. The zero-order valence-electron chi connectivity index (χ0n) is 19.5. The number of carbonyl (C=O) groups excluding carboxylic acids is 2. The van der Waals surface area contributed by atoms with Crippen molar-refractivity contribution in [2.24, 2.45) is 0 Å². The third kappa shape index (κ3) is 3.86. The van der Waals surface area contributed by atoms with Gasteiger partial charge in [-0.05, 0) is 24.3 Å². The number of nitrogens with zero attached hydrogens (tertiary/aromatic N) is 1. The molecule has 0 spiro atoms. The molecule has 2 heterocycles. The molecule has 0 saturated heterocycles. The quantitative estimate of drug-likeness (QED) is 0.449. The molecule has 0 bridgehead atoms. The Balaban J connectivity index is 1.94. The van der Waals surface area contributed by atoms with E-state index in [2.05, 4.69) is 0 Å². The van der Waals surface area contributed by atoms with Crippen LogP contribution >= 0.6 is 0 Å². The Morgan fingerprint density at radius 3 is 2.08 bits per heavy atom. The van der Waals surface area contributed by atoms with Gasteiger partial charge < -0.3 is 24.8 Å². The number of nitrogens with one attached hydrogen (secondary N) is 3. The maximum Gasteiger partial charge on any atom is 0.425 e. The van der Waals surface area contributed by atoms with Gasteiger partial charge in [0.1, 0.15) is 11.4 Å². The first kappa shape index (κ1) is 25.3. The van der Waals surface area contributed by atoms with E-state index < -0.39 is 51.7 Å². The highest BCUT2D eigenvalue weighted by atomic mass is 19.4. The number of rotatable bonds is 6. The number of fused-ring (bicyclic) bond motifs is 1. The zero-order valence-corrected chi connectivity index (χ0v) is 19.5. The second kappa shape index (κ2) is 9.04. The Labute approximate surface area is 205 Å². The Morgan fingerprint density at radius 2 is 1.57 bits per heavy atom. The van der Waals surface area contributed by atoms with Crippen LogP contribution in [0.25, 0.3) is 5.69 Å². The summed E-state index contributed by atoms with van der Waals surface area (Å²) in [5.41, 5.74) is -7.97. The molecule has 14 heteroatoms. The van der Waals surface area contributed by atoms with E-state index in [1.807, 2.05) is 5.32 Å². The van der Waals surface area contributed by atoms with Crippen LogP contribution in [-0.2, 0) is 10.3 Å². The van der Waals surface area contributed by atoms with Crippen molar-refractivity contribution in [2.45, 2.75) is 11.7 Å². The summed E-state index contributed by atoms with van der Waals surface area (Å²) in [7, 11) is 3.76. The molecule has 2 amide bonds. The lowest BCUT2D eigenvalue weighted by Gasteiger charge is -2.30. The number of ether oxygens (including phenoxy) is 3. The summed E-state index contributed by atoms with van der Waals surface area (Å²) in [4.78, 5) is 53.2. The topological polar surface area (TPSA) is 141 Å². The lowest BCUT2D eigenvalue weighted by Crippen LogP contribution is -2.62. The number of alkyl halides is 3. The van der Waals surface area contributed by atoms with Crippen molar-refractivity contribution in [2.75, 3.05) is 26.6 Å². The van der Waals surface area contributed by atoms with E-state index >= 15 is 0 Å². The van der Waals surface area contributed by atoms with Gasteiger partial charge >= 0.3 is 11.9 Å². The van der Waals surface area contributed by atoms with Crippen LogP contribution in [0, 0.1) is 0 Å². The summed E-state index contributed by atoms with van der Waals surface area (Å²) in [6, 6.07) is 9.50. The van der Waals surface area contributed by atoms with Gasteiger partial charge in [-0.25, -0.2) is 9.36 Å². The highest BCUT2D eigenvalue weighted by Gasteiger charge is 2.68. The Bertz CT molecular complexity index is 1490. The first-order valence-electron chi connectivity index (χ1n) is 10.5. The molecule has 4 rings (SSSR count). The molecule has 3 N–H and O–H groups in total. The molecule has 0 saturated carbocycles. The number of aromatic amines is 1. The third-order valence-electron chi connectivity index (χ3n) is 5.73. The maximum absolute atomic E-state index is 14.7. The highest BCUT2D eigenvalue weighted by Crippen LogP contribution is 2.46. The Hall–Kier alpha value is -4.75. The minimum atomic E-state index is -5.51. The number of anilines is 1. The predicted octanol–water partition coefficient (Wildman–Crippen LogP) is 1.69. The van der Waals surface area contributed by atoms with Crippen LogP contribution in [-0.4, -0.2) is 48.9 Å². The molecule has 0 radical (unpaired) electrons. The molecule has 194 valence electrons. The van der Waals surface area contributed by atoms with E-state index in [1.54, 1.807) is 16.4 Å². The van der Waals surface area contributed by atoms with Crippen molar-refractivity contribution in [3.8, 4) is 22.9 Å². The van der Waals surface area contributed by atoms with Crippen molar-refractivity contribution in [3.05, 3.63) is 74.4 Å². The van der Waals surface area contributed by atoms with Crippen LogP contribution < -0.4 is 36.1 Å². The lowest BCUT2D eigenvalue weighted by atomic mass is 9.91. The van der Waals surface area contributed by atoms with Crippen LogP contribution in [0.5, 0.6) is 17.2 Å². The lowest BCUT2D eigenvalue weighted by molar-refractivity contribution is -0.196. The molecule has 1 aromatic heterocycles. The van der Waals surface area contributed by atoms with Crippen molar-refractivity contribution >= 4 is 17.6 Å². The molecule has 3 aromatic rings. The van der Waals surface area contributed by atoms with Crippen LogP contribution in [0.3, 0.4) is 0 Å². The Morgan fingerprint density at radius 1 is 0.973 bits per heavy atom. The standard InChI is InChI=1S/C23H19F3N4O7/c1-35-13-9-11(10-14(36-2)16(13)37-3)18(31)29-22(23(24,25)26)15-17(27-20(22)33)30(21(34)28-19(15)32)12-7-5-4-6-8-12/h4-10H,1-3H3,(H,27,33)(H,29,31)(H,28,32,34)/t22-/m0/s1. The summed E-state index contributed by atoms with van der Waals surface area (Å²) in [6.45, 7) is 0. The molecule has 37 heavy (non-hydrogen) atoms. The van der Waals surface area contributed by atoms with Crippen LogP contribution in [0.15, 0.2) is 52.1 Å². The molecule has 11 nitrogen and oxygen atoms in total. The SMILES string of the molecule is COc1cc(C(=O)N[C@]2(C(F)(F)F)C(=O)Nc3c2c(=O)[nH]c(=O)n3-c2ccccc2)cc(OC)c1OC. The fraction of sp³-hybridized carbons (Fsp3) is 0.217. The number of carbonyl (C=O) groups is 2. The van der Waals surface area contributed by atoms with Crippen molar-refractivity contribution in [1.82, 2.24) is 14.9 Å². The number of hydrogen-bond donors (Lipinski definition) is 3. The molecule has 0 unspecified atom stereocenters. The van der Waals surface area contributed by atoms with E-state index in [9.17, 15) is 32.3 Å². The number of aromatic nitrogens is 2. The van der Waals surface area contributed by atoms with Gasteiger partial charge in [0.15, 0.2) is 11.5 Å². The number of H-pyrrole nitrogens is 1. The number of amides is 2. The predicted molar refractivity (Wildman–Crippen MR) is 123 cm³/mol. The molecule has 1 aliphatic heterocycles. The molecule has 2 aromatic carbocycles. The maximum atomic E-state index is 14.7. The second-order valence-corrected chi connectivity index (χ2v) is 7.72. The summed E-state index contributed by atoms with van der Waals surface area (Å²) in [5.74, 6) is -3.92. The number of halogens is 3. The first-order valence-corrected chi connectivity index (χ1v) is 10.5. The van der Waals surface area contributed by atoms with Gasteiger partial charge in [0.25, 0.3) is 22.9 Å². The van der Waals surface area contributed by atoms with E-state index in [0.717, 1.165) is 12.1 Å². The summed E-state index contributed by atoms with van der Waals surface area (Å²) in [6.07, 6.45) is -5.51. The smallest absolute Gasteiger partial charge is 0.425 e. The average molecular weight is 520 g/mol. The molecule has 0 aliphatic carbocycles. The van der Waals surface area contributed by atoms with Crippen LogP contribution in [0.2, 0.25) is 0 Å². The minimum absolute atomic E-state index is 0.0416. The van der Waals surface area contributed by atoms with Gasteiger partial charge in [-0.15, -0.1) is 0 Å². The summed E-state index contributed by atoms with van der Waals surface area (Å²) < 4.78 is 60.1. The van der Waals surface area contributed by atoms with Crippen molar-refractivity contribution in [1.29, 1.82) is 0 Å². The van der Waals surface area contributed by atoms with Gasteiger partial charge in [-0.1, -0.05) is 18.2 Å². The zero-order chi connectivity index (χ0) is 27.1. The van der Waals surface area contributed by atoms with Gasteiger partial charge in [0, 0.05) is 5.56 Å². The normalized spacial score (nSPS) is 16.5. The number of benzene rings is 2. The van der Waals surface area contributed by atoms with Crippen molar-refractivity contribution in [3.63, 3.8) is 0 Å². The summed E-state index contributed by atoms with van der Waals surface area (Å²) >= 11 is 0. The molecule has 1 aliphatic rings. The number of methoxy groups -OCH3 is 3. The minimum Gasteiger partial charge on any atom is -0.493 e. The molecular weight excluding hydrogens is 501 g/mol. The Kier molecular flexibility index (Phi) is 6.19. The third-order valence-corrected chi connectivity index (χ3v) is 5.73. The number of para-hydroxylation sites is 1. The largest absolute Gasteiger partial charge is 0.493 e. The van der Waals surface area contributed by atoms with Gasteiger partial charge in [-0.2, -0.15) is 13.2 Å². The first-order chi connectivity index (χ1) is 17.5. The van der Waals surface area contributed by atoms with Gasteiger partial charge in [0.2, 0.25) is 5.75 Å². The van der Waals surface area contributed by atoms with E-state index in [0.29, 0.717) is 4.57 Å². The summed E-state index contributed by atoms with van der Waals surface area (Å²) in [5, 5.41) is 3.63.